The number of ether oxygens (including phenoxy) is 1. The average molecular weight is 247 g/mol. The summed E-state index contributed by atoms with van der Waals surface area (Å²) >= 11 is 1.81. The first-order valence-electron chi connectivity index (χ1n) is 5.75. The number of hydrogen-bond donors (Lipinski definition) is 1. The second kappa shape index (κ2) is 5.84. The maximum absolute atomic E-state index is 5.52. The predicted octanol–water partition coefficient (Wildman–Crippen LogP) is 3.32. The molecule has 0 unspecified atom stereocenters. The summed E-state index contributed by atoms with van der Waals surface area (Å²) in [5.74, 6) is 0.896. The van der Waals surface area contributed by atoms with Crippen molar-refractivity contribution in [1.29, 1.82) is 0 Å². The molecule has 17 heavy (non-hydrogen) atoms. The molecule has 2 aromatic rings. The van der Waals surface area contributed by atoms with Crippen LogP contribution in [-0.4, -0.2) is 13.7 Å². The summed E-state index contributed by atoms with van der Waals surface area (Å²) in [5.41, 5.74) is 8.04. The van der Waals surface area contributed by atoms with E-state index in [0.717, 1.165) is 25.1 Å². The number of rotatable bonds is 5. The van der Waals surface area contributed by atoms with Gasteiger partial charge in [0.2, 0.25) is 0 Å². The molecule has 0 saturated heterocycles. The number of thiophene rings is 1. The summed E-state index contributed by atoms with van der Waals surface area (Å²) < 4.78 is 5.15. The number of benzene rings is 1. The number of methoxy groups -OCH3 is 1. The molecular weight excluding hydrogens is 230 g/mol. The minimum Gasteiger partial charge on any atom is -0.497 e. The van der Waals surface area contributed by atoms with E-state index in [9.17, 15) is 0 Å². The Balaban J connectivity index is 2.12. The zero-order valence-electron chi connectivity index (χ0n) is 9.98. The van der Waals surface area contributed by atoms with Crippen LogP contribution >= 0.6 is 11.3 Å². The van der Waals surface area contributed by atoms with Gasteiger partial charge in [-0.25, -0.2) is 0 Å². The quantitative estimate of drug-likeness (QED) is 0.879. The molecule has 2 nitrogen and oxygen atoms in total. The van der Waals surface area contributed by atoms with Crippen LogP contribution in [0.5, 0.6) is 5.75 Å². The maximum Gasteiger partial charge on any atom is 0.118 e. The van der Waals surface area contributed by atoms with E-state index in [2.05, 4.69) is 23.6 Å². The lowest BCUT2D eigenvalue weighted by atomic mass is 10.1. The average Bonchev–Trinajstić information content (AvgIpc) is 2.85. The molecule has 0 aliphatic rings. The van der Waals surface area contributed by atoms with Crippen molar-refractivity contribution in [3.8, 4) is 16.9 Å². The second-order valence-electron chi connectivity index (χ2n) is 3.92. The summed E-state index contributed by atoms with van der Waals surface area (Å²) in [6, 6.07) is 10.4. The van der Waals surface area contributed by atoms with Crippen molar-refractivity contribution < 1.29 is 4.74 Å². The van der Waals surface area contributed by atoms with E-state index < -0.39 is 0 Å². The first-order chi connectivity index (χ1) is 8.33. The summed E-state index contributed by atoms with van der Waals surface area (Å²) in [6.07, 6.45) is 2.14. The molecule has 0 fully saturated rings. The molecule has 0 aliphatic heterocycles. The Bertz CT molecular complexity index is 461. The van der Waals surface area contributed by atoms with Gasteiger partial charge in [0.1, 0.15) is 5.75 Å². The molecule has 90 valence electrons. The Morgan fingerprint density at radius 2 is 1.94 bits per heavy atom. The summed E-state index contributed by atoms with van der Waals surface area (Å²) in [5, 5.41) is 2.20. The largest absolute Gasteiger partial charge is 0.497 e. The van der Waals surface area contributed by atoms with Gasteiger partial charge in [-0.3, -0.25) is 0 Å². The van der Waals surface area contributed by atoms with Gasteiger partial charge in [-0.2, -0.15) is 0 Å². The van der Waals surface area contributed by atoms with Crippen molar-refractivity contribution in [2.75, 3.05) is 13.7 Å². The fourth-order valence-electron chi connectivity index (χ4n) is 1.72. The van der Waals surface area contributed by atoms with E-state index in [4.69, 9.17) is 10.5 Å². The molecule has 0 atom stereocenters. The molecule has 1 heterocycles. The Labute approximate surface area is 106 Å². The van der Waals surface area contributed by atoms with Gasteiger partial charge in [-0.1, -0.05) is 12.1 Å². The van der Waals surface area contributed by atoms with E-state index in [-0.39, 0.29) is 0 Å². The first-order valence-corrected chi connectivity index (χ1v) is 6.63. The van der Waals surface area contributed by atoms with Crippen LogP contribution in [0.25, 0.3) is 11.1 Å². The van der Waals surface area contributed by atoms with E-state index in [1.165, 1.54) is 16.0 Å². The van der Waals surface area contributed by atoms with E-state index >= 15 is 0 Å². The molecule has 0 amide bonds. The number of nitrogens with two attached hydrogens (primary N) is 1. The third-order valence-electron chi connectivity index (χ3n) is 2.70. The minimum absolute atomic E-state index is 0.760. The van der Waals surface area contributed by atoms with Crippen molar-refractivity contribution in [3.63, 3.8) is 0 Å². The normalized spacial score (nSPS) is 10.5. The number of aryl methyl sites for hydroxylation is 1. The highest BCUT2D eigenvalue weighted by Crippen LogP contribution is 2.27. The molecule has 1 aromatic carbocycles. The fraction of sp³-hybridized carbons (Fsp3) is 0.286. The van der Waals surface area contributed by atoms with Crippen molar-refractivity contribution >= 4 is 11.3 Å². The van der Waals surface area contributed by atoms with Crippen LogP contribution in [0, 0.1) is 0 Å². The molecule has 1 aromatic heterocycles. The molecule has 3 heteroatoms. The number of hydrogen-bond acceptors (Lipinski definition) is 3. The highest BCUT2D eigenvalue weighted by Gasteiger charge is 2.02. The molecule has 2 N–H and O–H groups in total. The lowest BCUT2D eigenvalue weighted by Crippen LogP contribution is -1.99. The van der Waals surface area contributed by atoms with Gasteiger partial charge in [0, 0.05) is 4.88 Å². The maximum atomic E-state index is 5.52. The minimum atomic E-state index is 0.760. The topological polar surface area (TPSA) is 35.2 Å². The van der Waals surface area contributed by atoms with Crippen LogP contribution in [-0.2, 0) is 6.42 Å². The molecule has 0 saturated carbocycles. The highest BCUT2D eigenvalue weighted by molar-refractivity contribution is 7.10. The van der Waals surface area contributed by atoms with E-state index in [0.29, 0.717) is 0 Å². The highest BCUT2D eigenvalue weighted by atomic mass is 32.1. The van der Waals surface area contributed by atoms with Crippen molar-refractivity contribution in [2.45, 2.75) is 12.8 Å². The Kier molecular flexibility index (Phi) is 4.18. The smallest absolute Gasteiger partial charge is 0.118 e. The van der Waals surface area contributed by atoms with Crippen LogP contribution in [0.2, 0.25) is 0 Å². The van der Waals surface area contributed by atoms with Crippen molar-refractivity contribution in [3.05, 3.63) is 40.6 Å². The third kappa shape index (κ3) is 3.08. The van der Waals surface area contributed by atoms with Crippen LogP contribution in [0.15, 0.2) is 35.7 Å². The first kappa shape index (κ1) is 12.1. The molecular formula is C14H17NOS. The van der Waals surface area contributed by atoms with Gasteiger partial charge in [-0.05, 0) is 54.1 Å². The van der Waals surface area contributed by atoms with Crippen molar-refractivity contribution in [2.24, 2.45) is 5.73 Å². The monoisotopic (exact) mass is 247 g/mol. The van der Waals surface area contributed by atoms with Gasteiger partial charge >= 0.3 is 0 Å². The van der Waals surface area contributed by atoms with Gasteiger partial charge in [0.05, 0.1) is 7.11 Å². The Morgan fingerprint density at radius 3 is 2.59 bits per heavy atom. The molecule has 2 rings (SSSR count). The van der Waals surface area contributed by atoms with Gasteiger partial charge in [-0.15, -0.1) is 11.3 Å². The fourth-order valence-corrected chi connectivity index (χ4v) is 2.66. The van der Waals surface area contributed by atoms with E-state index in [1.807, 2.05) is 23.5 Å². The van der Waals surface area contributed by atoms with Crippen LogP contribution in [0.4, 0.5) is 0 Å². The van der Waals surface area contributed by atoms with Crippen LogP contribution in [0.3, 0.4) is 0 Å². The third-order valence-corrected chi connectivity index (χ3v) is 3.70. The lowest BCUT2D eigenvalue weighted by Gasteiger charge is -2.01. The second-order valence-corrected chi connectivity index (χ2v) is 4.92. The summed E-state index contributed by atoms with van der Waals surface area (Å²) in [4.78, 5) is 1.40. The molecule has 0 bridgehead atoms. The SMILES string of the molecule is COc1ccc(-c2csc(CCCN)c2)cc1. The predicted molar refractivity (Wildman–Crippen MR) is 73.7 cm³/mol. The Hall–Kier alpha value is -1.32. The molecule has 0 spiro atoms. The van der Waals surface area contributed by atoms with Crippen molar-refractivity contribution in [1.82, 2.24) is 0 Å². The standard InChI is InChI=1S/C14H17NOS/c1-16-13-6-4-11(5-7-13)12-9-14(17-10-12)3-2-8-15/h4-7,9-10H,2-3,8,15H2,1H3. The summed E-state index contributed by atoms with van der Waals surface area (Å²) in [6.45, 7) is 0.760. The van der Waals surface area contributed by atoms with Crippen LogP contribution < -0.4 is 10.5 Å². The zero-order chi connectivity index (χ0) is 12.1. The van der Waals surface area contributed by atoms with E-state index in [1.54, 1.807) is 7.11 Å². The molecule has 0 radical (unpaired) electrons. The molecule has 0 aliphatic carbocycles. The van der Waals surface area contributed by atoms with Gasteiger partial charge in [0.15, 0.2) is 0 Å². The van der Waals surface area contributed by atoms with Gasteiger partial charge < -0.3 is 10.5 Å². The lowest BCUT2D eigenvalue weighted by molar-refractivity contribution is 0.415. The Morgan fingerprint density at radius 1 is 1.18 bits per heavy atom. The zero-order valence-corrected chi connectivity index (χ0v) is 10.8. The summed E-state index contributed by atoms with van der Waals surface area (Å²) in [7, 11) is 1.69. The van der Waals surface area contributed by atoms with Crippen LogP contribution in [0.1, 0.15) is 11.3 Å². The van der Waals surface area contributed by atoms with Gasteiger partial charge in [0.25, 0.3) is 0 Å².